The molecule has 1 aliphatic heterocycles. The number of ether oxygens (including phenoxy) is 4. The molecule has 2 aliphatic rings. The maximum absolute atomic E-state index is 13.5. The van der Waals surface area contributed by atoms with E-state index >= 15 is 0 Å². The number of phenols is 1. The largest absolute Gasteiger partial charge is 0.504 e. The average Bonchev–Trinajstić information content (AvgIpc) is 3.06. The van der Waals surface area contributed by atoms with E-state index < -0.39 is 65.1 Å². The van der Waals surface area contributed by atoms with Crippen molar-refractivity contribution >= 4 is 16.9 Å². The first-order valence-electron chi connectivity index (χ1n) is 15.5. The van der Waals surface area contributed by atoms with Crippen molar-refractivity contribution in [3.63, 3.8) is 0 Å². The Morgan fingerprint density at radius 2 is 1.73 bits per heavy atom. The predicted octanol–water partition coefficient (Wildman–Crippen LogP) is 2.95. The molecule has 1 aromatic heterocycles. The molecule has 0 radical (unpaired) electrons. The second-order valence-corrected chi connectivity index (χ2v) is 12.2. The lowest BCUT2D eigenvalue weighted by Gasteiger charge is -2.39. The highest BCUT2D eigenvalue weighted by Gasteiger charge is 2.49. The van der Waals surface area contributed by atoms with Crippen LogP contribution in [-0.4, -0.2) is 80.2 Å². The summed E-state index contributed by atoms with van der Waals surface area (Å²) in [6.07, 6.45) is -7.39. The first-order valence-corrected chi connectivity index (χ1v) is 15.5. The van der Waals surface area contributed by atoms with Gasteiger partial charge >= 0.3 is 5.97 Å². The Morgan fingerprint density at radius 3 is 2.42 bits per heavy atom. The fraction of sp³-hybridized carbons (Fsp3) is 0.371. The molecule has 254 valence electrons. The normalized spacial score (nSPS) is 27.4. The van der Waals surface area contributed by atoms with Gasteiger partial charge in [-0.2, -0.15) is 0 Å². The van der Waals surface area contributed by atoms with Gasteiger partial charge in [0.2, 0.25) is 17.8 Å². The highest BCUT2D eigenvalue weighted by Crippen LogP contribution is 2.47. The molecule has 1 saturated carbocycles. The van der Waals surface area contributed by atoms with Gasteiger partial charge in [0.25, 0.3) is 0 Å². The van der Waals surface area contributed by atoms with Crippen molar-refractivity contribution in [2.24, 2.45) is 5.92 Å². The molecule has 0 bridgehead atoms. The lowest BCUT2D eigenvalue weighted by atomic mass is 9.81. The minimum atomic E-state index is -1.98. The molecule has 7 atom stereocenters. The van der Waals surface area contributed by atoms with Crippen LogP contribution in [0.4, 0.5) is 0 Å². The summed E-state index contributed by atoms with van der Waals surface area (Å²) in [4.78, 5) is 25.2. The maximum Gasteiger partial charge on any atom is 0.335 e. The Balaban J connectivity index is 1.41. The number of benzene rings is 3. The molecule has 48 heavy (non-hydrogen) atoms. The van der Waals surface area contributed by atoms with E-state index in [4.69, 9.17) is 23.4 Å². The van der Waals surface area contributed by atoms with Crippen LogP contribution in [0.15, 0.2) is 75.9 Å². The van der Waals surface area contributed by atoms with E-state index in [0.717, 1.165) is 12.0 Å². The second-order valence-electron chi connectivity index (χ2n) is 12.2. The van der Waals surface area contributed by atoms with Crippen LogP contribution in [0.5, 0.6) is 23.0 Å². The number of aromatic hydroxyl groups is 1. The number of phenolic OH excluding ortho intramolecular Hbond substituents is 1. The number of fused-ring (bicyclic) bond motifs is 1. The number of aliphatic hydroxyl groups excluding tert-OH is 3. The van der Waals surface area contributed by atoms with E-state index in [1.807, 2.05) is 30.3 Å². The fourth-order valence-corrected chi connectivity index (χ4v) is 6.35. The highest BCUT2D eigenvalue weighted by atomic mass is 16.7. The maximum atomic E-state index is 13.5. The van der Waals surface area contributed by atoms with E-state index in [2.05, 4.69) is 0 Å². The number of hydrogen-bond acceptors (Lipinski definition) is 12. The van der Waals surface area contributed by atoms with Gasteiger partial charge in [-0.1, -0.05) is 30.3 Å². The van der Waals surface area contributed by atoms with E-state index in [0.29, 0.717) is 24.2 Å². The van der Waals surface area contributed by atoms with Gasteiger partial charge in [0.15, 0.2) is 23.0 Å². The molecular weight excluding hydrogens is 628 g/mol. The molecule has 1 saturated heterocycles. The van der Waals surface area contributed by atoms with Crippen LogP contribution in [-0.2, 0) is 16.0 Å². The first kappa shape index (κ1) is 33.2. The van der Waals surface area contributed by atoms with E-state index in [9.17, 15) is 40.2 Å². The third-order valence-electron chi connectivity index (χ3n) is 8.79. The van der Waals surface area contributed by atoms with Crippen LogP contribution in [0.2, 0.25) is 0 Å². The van der Waals surface area contributed by atoms with Crippen LogP contribution < -0.4 is 19.6 Å². The summed E-state index contributed by atoms with van der Waals surface area (Å²) < 4.78 is 28.4. The molecule has 13 nitrogen and oxygen atoms in total. The third kappa shape index (κ3) is 6.68. The van der Waals surface area contributed by atoms with Crippen molar-refractivity contribution in [2.75, 3.05) is 7.11 Å². The highest BCUT2D eigenvalue weighted by molar-refractivity contribution is 5.89. The van der Waals surface area contributed by atoms with Crippen molar-refractivity contribution < 1.29 is 58.8 Å². The molecule has 0 unspecified atom stereocenters. The Hall–Kier alpha value is -4.66. The summed E-state index contributed by atoms with van der Waals surface area (Å²) in [5, 5.41) is 63.7. The Bertz CT molecular complexity index is 1820. The molecule has 2 heterocycles. The van der Waals surface area contributed by atoms with E-state index in [1.165, 1.54) is 19.2 Å². The monoisotopic (exact) mass is 664 g/mol. The van der Waals surface area contributed by atoms with Gasteiger partial charge in [-0.3, -0.25) is 4.79 Å². The quantitative estimate of drug-likeness (QED) is 0.143. The third-order valence-corrected chi connectivity index (χ3v) is 8.79. The summed E-state index contributed by atoms with van der Waals surface area (Å²) >= 11 is 0. The standard InChI is InChI=1S/C35H36O13/c1-44-21-11-9-20(10-12-21)23-15-22(36)26-24(45-23)16-25(46-34-30(40)28(38)29(39)32(47-34)33(41)42)31(27(26)37)48-35(43)13-5-8-19(17-35)14-18-6-3-2-4-7-18/h2-4,6-7,9-12,15-16,19,28-30,32,34,37-40,43H,5,8,13-14,17H2,1H3,(H,41,42)/t19-,28-,29+,30-,32+,34-,35-/m1/s1. The summed E-state index contributed by atoms with van der Waals surface area (Å²) in [5.74, 6) is -4.37. The molecule has 3 aromatic carbocycles. The number of rotatable bonds is 9. The zero-order valence-electron chi connectivity index (χ0n) is 25.9. The van der Waals surface area contributed by atoms with Crippen molar-refractivity contribution in [3.8, 4) is 34.3 Å². The van der Waals surface area contributed by atoms with Crippen molar-refractivity contribution in [1.29, 1.82) is 0 Å². The lowest BCUT2D eigenvalue weighted by Crippen LogP contribution is -2.61. The lowest BCUT2D eigenvalue weighted by molar-refractivity contribution is -0.271. The SMILES string of the molecule is COc1ccc(-c2cc(=O)c3c(O)c(O[C@]4(O)CCC[C@H](Cc5ccccc5)C4)c(O[C@@H]4O[C@H](C(=O)O)[C@@H](O)[C@@H](O)[C@H]4O)cc3o2)cc1. The first-order chi connectivity index (χ1) is 23.0. The topological polar surface area (TPSA) is 206 Å². The van der Waals surface area contributed by atoms with Gasteiger partial charge in [-0.05, 0) is 55.0 Å². The number of carboxylic acid groups (broad SMARTS) is 1. The van der Waals surface area contributed by atoms with Gasteiger partial charge in [0.1, 0.15) is 40.8 Å². The molecule has 0 amide bonds. The van der Waals surface area contributed by atoms with Crippen molar-refractivity contribution in [2.45, 2.75) is 68.6 Å². The summed E-state index contributed by atoms with van der Waals surface area (Å²) in [5.41, 5.74) is 0.760. The molecule has 4 aromatic rings. The number of aliphatic hydroxyl groups is 4. The number of aliphatic carboxylic acids is 1. The van der Waals surface area contributed by atoms with Crippen LogP contribution >= 0.6 is 0 Å². The Morgan fingerprint density at radius 1 is 1.00 bits per heavy atom. The second kappa shape index (κ2) is 13.5. The van der Waals surface area contributed by atoms with Gasteiger partial charge < -0.3 is 54.0 Å². The van der Waals surface area contributed by atoms with Crippen LogP contribution in [0, 0.1) is 5.92 Å². The Kier molecular flexibility index (Phi) is 9.32. The molecule has 13 heteroatoms. The summed E-state index contributed by atoms with van der Waals surface area (Å²) in [6.45, 7) is 0. The Labute approximate surface area is 274 Å². The minimum Gasteiger partial charge on any atom is -0.504 e. The minimum absolute atomic E-state index is 0.00621. The molecular formula is C35H36O13. The number of hydrogen-bond donors (Lipinski definition) is 6. The number of carbonyl (C=O) groups is 1. The van der Waals surface area contributed by atoms with Crippen molar-refractivity contribution in [3.05, 3.63) is 82.5 Å². The van der Waals surface area contributed by atoms with Crippen LogP contribution in [0.25, 0.3) is 22.3 Å². The molecule has 0 spiro atoms. The molecule has 2 fully saturated rings. The fourth-order valence-electron chi connectivity index (χ4n) is 6.35. The van der Waals surface area contributed by atoms with E-state index in [1.54, 1.807) is 24.3 Å². The average molecular weight is 665 g/mol. The van der Waals surface area contributed by atoms with Crippen LogP contribution in [0.1, 0.15) is 31.2 Å². The van der Waals surface area contributed by atoms with E-state index in [-0.39, 0.29) is 35.5 Å². The smallest absolute Gasteiger partial charge is 0.335 e. The van der Waals surface area contributed by atoms with Crippen LogP contribution in [0.3, 0.4) is 0 Å². The number of carboxylic acids is 1. The van der Waals surface area contributed by atoms with Crippen molar-refractivity contribution in [1.82, 2.24) is 0 Å². The predicted molar refractivity (Wildman–Crippen MR) is 169 cm³/mol. The zero-order valence-corrected chi connectivity index (χ0v) is 25.9. The molecule has 6 N–H and O–H groups in total. The van der Waals surface area contributed by atoms with Gasteiger partial charge in [0.05, 0.1) is 7.11 Å². The summed E-state index contributed by atoms with van der Waals surface area (Å²) in [7, 11) is 1.51. The zero-order chi connectivity index (χ0) is 34.2. The van der Waals surface area contributed by atoms with Gasteiger partial charge in [0, 0.05) is 30.5 Å². The molecule has 1 aliphatic carbocycles. The van der Waals surface area contributed by atoms with Gasteiger partial charge in [-0.25, -0.2) is 4.79 Å². The number of methoxy groups -OCH3 is 1. The van der Waals surface area contributed by atoms with Gasteiger partial charge in [-0.15, -0.1) is 0 Å². The summed E-state index contributed by atoms with van der Waals surface area (Å²) in [6, 6.07) is 18.7. The molecule has 6 rings (SSSR count).